The summed E-state index contributed by atoms with van der Waals surface area (Å²) in [6.45, 7) is 8.29. The molecule has 0 aromatic carbocycles. The lowest BCUT2D eigenvalue weighted by molar-refractivity contribution is -0.143. The van der Waals surface area contributed by atoms with Gasteiger partial charge in [0.05, 0.1) is 33.9 Å². The predicted octanol–water partition coefficient (Wildman–Crippen LogP) is -1.34. The van der Waals surface area contributed by atoms with Gasteiger partial charge >= 0.3 is 17.9 Å². The van der Waals surface area contributed by atoms with E-state index in [1.165, 1.54) is 14.2 Å². The Labute approximate surface area is 166 Å². The Balaban J connectivity index is 2.86. The molecule has 0 spiro atoms. The average molecular weight is 402 g/mol. The number of esters is 2. The smallest absolute Gasteiger partial charge is 0.319 e. The van der Waals surface area contributed by atoms with Gasteiger partial charge in [0.25, 0.3) is 0 Å². The van der Waals surface area contributed by atoms with E-state index in [0.29, 0.717) is 39.3 Å². The first kappa shape index (κ1) is 24.3. The number of hydrogen-bond donors (Lipinski definition) is 1. The fourth-order valence-electron chi connectivity index (χ4n) is 3.05. The van der Waals surface area contributed by atoms with E-state index < -0.39 is 5.97 Å². The van der Waals surface area contributed by atoms with Crippen molar-refractivity contribution in [3.8, 4) is 0 Å². The normalized spacial score (nSPS) is 19.4. The summed E-state index contributed by atoms with van der Waals surface area (Å²) in [7, 11) is 2.72. The lowest BCUT2D eigenvalue weighted by Gasteiger charge is -2.32. The molecule has 0 aromatic rings. The summed E-state index contributed by atoms with van der Waals surface area (Å²) in [5.74, 6) is -1.49. The third-order valence-corrected chi connectivity index (χ3v) is 4.90. The van der Waals surface area contributed by atoms with Crippen LogP contribution in [0.1, 0.15) is 6.92 Å². The summed E-state index contributed by atoms with van der Waals surface area (Å²) in [4.78, 5) is 42.7. The Kier molecular flexibility index (Phi) is 11.7. The molecule has 1 fully saturated rings. The third kappa shape index (κ3) is 9.98. The molecule has 0 saturated carbocycles. The van der Waals surface area contributed by atoms with Crippen molar-refractivity contribution in [2.24, 2.45) is 0 Å². The van der Waals surface area contributed by atoms with Crippen LogP contribution < -0.4 is 0 Å². The summed E-state index contributed by atoms with van der Waals surface area (Å²) < 4.78 is 9.57. The standard InChI is InChI=1S/C18H34N4O6/c1-4-19-5-7-20(13-16(23)24)9-10-22(15-18(26)28-3)12-11-21(8-6-19)14-17(25)27-2/h4-15H2,1-3H3,(H,23,24). The second kappa shape index (κ2) is 13.4. The molecule has 28 heavy (non-hydrogen) atoms. The molecule has 0 aromatic heterocycles. The zero-order valence-corrected chi connectivity index (χ0v) is 17.3. The molecule has 0 radical (unpaired) electrons. The van der Waals surface area contributed by atoms with E-state index in [1.807, 2.05) is 14.7 Å². The zero-order chi connectivity index (χ0) is 20.9. The Morgan fingerprint density at radius 3 is 1.29 bits per heavy atom. The highest BCUT2D eigenvalue weighted by molar-refractivity contribution is 5.72. The molecule has 1 aliphatic heterocycles. The predicted molar refractivity (Wildman–Crippen MR) is 103 cm³/mol. The number of likely N-dealkylation sites (N-methyl/N-ethyl adjacent to an activating group) is 1. The lowest BCUT2D eigenvalue weighted by atomic mass is 10.3. The van der Waals surface area contributed by atoms with Gasteiger partial charge in [-0.05, 0) is 6.54 Å². The van der Waals surface area contributed by atoms with E-state index in [9.17, 15) is 19.5 Å². The molecule has 0 unspecified atom stereocenters. The molecule has 1 N–H and O–H groups in total. The zero-order valence-electron chi connectivity index (χ0n) is 17.3. The minimum atomic E-state index is -0.862. The second-order valence-electron chi connectivity index (χ2n) is 6.81. The van der Waals surface area contributed by atoms with Crippen molar-refractivity contribution >= 4 is 17.9 Å². The first-order chi connectivity index (χ1) is 13.4. The van der Waals surface area contributed by atoms with Crippen LogP contribution in [0.25, 0.3) is 0 Å². The number of carboxylic acids is 1. The van der Waals surface area contributed by atoms with Gasteiger partial charge in [-0.25, -0.2) is 0 Å². The van der Waals surface area contributed by atoms with Crippen LogP contribution in [0.3, 0.4) is 0 Å². The largest absolute Gasteiger partial charge is 0.480 e. The average Bonchev–Trinajstić information content (AvgIpc) is 2.67. The molecule has 0 atom stereocenters. The molecule has 10 heteroatoms. The molecule has 10 nitrogen and oxygen atoms in total. The van der Waals surface area contributed by atoms with Crippen LogP contribution in [0.2, 0.25) is 0 Å². The Hall–Kier alpha value is -1.75. The van der Waals surface area contributed by atoms with Gasteiger partial charge < -0.3 is 19.5 Å². The van der Waals surface area contributed by atoms with Gasteiger partial charge in [0.2, 0.25) is 0 Å². The van der Waals surface area contributed by atoms with Crippen LogP contribution in [0.5, 0.6) is 0 Å². The molecule has 0 bridgehead atoms. The number of rotatable bonds is 7. The van der Waals surface area contributed by atoms with Crippen LogP contribution in [0.15, 0.2) is 0 Å². The highest BCUT2D eigenvalue weighted by atomic mass is 16.5. The number of methoxy groups -OCH3 is 2. The molecule has 1 aliphatic rings. The molecule has 0 amide bonds. The SMILES string of the molecule is CCN1CCN(CC(=O)O)CCN(CC(=O)OC)CCN(CC(=O)OC)CC1. The number of ether oxygens (including phenoxy) is 2. The van der Waals surface area contributed by atoms with Gasteiger partial charge in [0, 0.05) is 52.4 Å². The van der Waals surface area contributed by atoms with E-state index in [1.54, 1.807) is 0 Å². The van der Waals surface area contributed by atoms with Crippen molar-refractivity contribution < 1.29 is 29.0 Å². The molecular formula is C18H34N4O6. The first-order valence-corrected chi connectivity index (χ1v) is 9.62. The molecule has 1 saturated heterocycles. The van der Waals surface area contributed by atoms with Gasteiger partial charge in [-0.2, -0.15) is 0 Å². The summed E-state index contributed by atoms with van der Waals surface area (Å²) >= 11 is 0. The van der Waals surface area contributed by atoms with Gasteiger partial charge in [0.1, 0.15) is 0 Å². The number of carbonyl (C=O) groups excluding carboxylic acids is 2. The number of carboxylic acid groups (broad SMARTS) is 1. The van der Waals surface area contributed by atoms with Crippen molar-refractivity contribution in [2.75, 3.05) is 92.8 Å². The highest BCUT2D eigenvalue weighted by Crippen LogP contribution is 2.01. The van der Waals surface area contributed by atoms with Gasteiger partial charge in [0.15, 0.2) is 0 Å². The molecule has 1 rings (SSSR count). The number of hydrogen-bond acceptors (Lipinski definition) is 9. The Morgan fingerprint density at radius 2 is 1.00 bits per heavy atom. The van der Waals surface area contributed by atoms with E-state index in [4.69, 9.17) is 9.47 Å². The molecule has 0 aliphatic carbocycles. The highest BCUT2D eigenvalue weighted by Gasteiger charge is 2.20. The van der Waals surface area contributed by atoms with Crippen LogP contribution in [-0.2, 0) is 23.9 Å². The van der Waals surface area contributed by atoms with Crippen molar-refractivity contribution in [2.45, 2.75) is 6.92 Å². The Morgan fingerprint density at radius 1 is 0.679 bits per heavy atom. The van der Waals surface area contributed by atoms with Crippen LogP contribution in [-0.4, -0.2) is 135 Å². The van der Waals surface area contributed by atoms with Crippen LogP contribution in [0.4, 0.5) is 0 Å². The van der Waals surface area contributed by atoms with E-state index in [2.05, 4.69) is 11.8 Å². The maximum absolute atomic E-state index is 11.7. The minimum absolute atomic E-state index is 0.0297. The molecule has 162 valence electrons. The van der Waals surface area contributed by atoms with Gasteiger partial charge in [-0.3, -0.25) is 29.1 Å². The topological polar surface area (TPSA) is 103 Å². The Bertz CT molecular complexity index is 504. The van der Waals surface area contributed by atoms with Gasteiger partial charge in [-0.15, -0.1) is 0 Å². The first-order valence-electron chi connectivity index (χ1n) is 9.62. The number of aliphatic carboxylic acids is 1. The van der Waals surface area contributed by atoms with Crippen molar-refractivity contribution in [1.82, 2.24) is 19.6 Å². The summed E-state index contributed by atoms with van der Waals surface area (Å²) in [6.07, 6.45) is 0. The van der Waals surface area contributed by atoms with Crippen LogP contribution in [0, 0.1) is 0 Å². The summed E-state index contributed by atoms with van der Waals surface area (Å²) in [6, 6.07) is 0. The van der Waals surface area contributed by atoms with E-state index in [0.717, 1.165) is 19.6 Å². The molecule has 1 heterocycles. The quantitative estimate of drug-likeness (QED) is 0.515. The lowest BCUT2D eigenvalue weighted by Crippen LogP contribution is -2.48. The number of nitrogens with zero attached hydrogens (tertiary/aromatic N) is 4. The van der Waals surface area contributed by atoms with Crippen molar-refractivity contribution in [1.29, 1.82) is 0 Å². The maximum Gasteiger partial charge on any atom is 0.319 e. The fraction of sp³-hybridized carbons (Fsp3) is 0.833. The summed E-state index contributed by atoms with van der Waals surface area (Å²) in [5.41, 5.74) is 0. The minimum Gasteiger partial charge on any atom is -0.480 e. The van der Waals surface area contributed by atoms with E-state index in [-0.39, 0.29) is 31.6 Å². The number of carbonyl (C=O) groups is 3. The fourth-order valence-corrected chi connectivity index (χ4v) is 3.05. The second-order valence-corrected chi connectivity index (χ2v) is 6.81. The van der Waals surface area contributed by atoms with Crippen molar-refractivity contribution in [3.63, 3.8) is 0 Å². The van der Waals surface area contributed by atoms with Crippen LogP contribution >= 0.6 is 0 Å². The van der Waals surface area contributed by atoms with Crippen molar-refractivity contribution in [3.05, 3.63) is 0 Å². The maximum atomic E-state index is 11.7. The van der Waals surface area contributed by atoms with E-state index >= 15 is 0 Å². The summed E-state index contributed by atoms with van der Waals surface area (Å²) in [5, 5.41) is 9.18. The monoisotopic (exact) mass is 402 g/mol. The van der Waals surface area contributed by atoms with Gasteiger partial charge in [-0.1, -0.05) is 6.92 Å². The molecular weight excluding hydrogens is 368 g/mol. The third-order valence-electron chi connectivity index (χ3n) is 4.90.